The summed E-state index contributed by atoms with van der Waals surface area (Å²) in [6, 6.07) is 12.1. The Balaban J connectivity index is 2.19. The van der Waals surface area contributed by atoms with E-state index in [9.17, 15) is 10.2 Å². The molecule has 0 aliphatic heterocycles. The van der Waals surface area contributed by atoms with Gasteiger partial charge in [0.05, 0.1) is 7.11 Å². The highest BCUT2D eigenvalue weighted by Crippen LogP contribution is 2.24. The Bertz CT molecular complexity index is 556. The monoisotopic (exact) mass is 242 g/mol. The summed E-state index contributed by atoms with van der Waals surface area (Å²) in [4.78, 5) is 0. The van der Waals surface area contributed by atoms with Crippen LogP contribution in [0.5, 0.6) is 17.2 Å². The maximum Gasteiger partial charge on any atom is 0.126 e. The fraction of sp³-hybridized carbons (Fsp3) is 0.0667. The van der Waals surface area contributed by atoms with Crippen molar-refractivity contribution in [1.82, 2.24) is 0 Å². The minimum atomic E-state index is 0.0501. The summed E-state index contributed by atoms with van der Waals surface area (Å²) in [5.41, 5.74) is 1.66. The number of phenols is 2. The predicted molar refractivity (Wildman–Crippen MR) is 71.7 cm³/mol. The lowest BCUT2D eigenvalue weighted by molar-refractivity contribution is 0.415. The first-order chi connectivity index (χ1) is 8.69. The lowest BCUT2D eigenvalue weighted by Gasteiger charge is -2.01. The maximum absolute atomic E-state index is 9.62. The van der Waals surface area contributed by atoms with Gasteiger partial charge in [-0.15, -0.1) is 0 Å². The molecular formula is C15H14O3. The highest BCUT2D eigenvalue weighted by Gasteiger charge is 1.98. The molecule has 0 radical (unpaired) electrons. The third-order valence-electron chi connectivity index (χ3n) is 2.59. The van der Waals surface area contributed by atoms with Gasteiger partial charge in [-0.25, -0.2) is 0 Å². The SMILES string of the molecule is COc1ccc(/C=C/c2ccc(O)cc2O)cc1. The van der Waals surface area contributed by atoms with Gasteiger partial charge in [-0.05, 0) is 29.8 Å². The molecule has 2 rings (SSSR count). The van der Waals surface area contributed by atoms with Gasteiger partial charge in [0.25, 0.3) is 0 Å². The van der Waals surface area contributed by atoms with E-state index in [0.29, 0.717) is 5.56 Å². The van der Waals surface area contributed by atoms with E-state index < -0.39 is 0 Å². The molecule has 0 spiro atoms. The zero-order valence-electron chi connectivity index (χ0n) is 10.00. The molecule has 3 nitrogen and oxygen atoms in total. The van der Waals surface area contributed by atoms with E-state index in [-0.39, 0.29) is 11.5 Å². The quantitative estimate of drug-likeness (QED) is 0.812. The zero-order chi connectivity index (χ0) is 13.0. The molecule has 18 heavy (non-hydrogen) atoms. The fourth-order valence-electron chi connectivity index (χ4n) is 1.57. The van der Waals surface area contributed by atoms with Crippen molar-refractivity contribution in [2.75, 3.05) is 7.11 Å². The molecule has 0 heterocycles. The summed E-state index contributed by atoms with van der Waals surface area (Å²) in [5.74, 6) is 0.911. The lowest BCUT2D eigenvalue weighted by atomic mass is 10.1. The Kier molecular flexibility index (Phi) is 3.53. The van der Waals surface area contributed by atoms with Crippen LogP contribution in [0, 0.1) is 0 Å². The van der Waals surface area contributed by atoms with E-state index in [0.717, 1.165) is 11.3 Å². The second kappa shape index (κ2) is 5.27. The molecule has 2 N–H and O–H groups in total. The lowest BCUT2D eigenvalue weighted by Crippen LogP contribution is -1.81. The van der Waals surface area contributed by atoms with Crippen molar-refractivity contribution in [2.45, 2.75) is 0 Å². The van der Waals surface area contributed by atoms with Crippen LogP contribution in [0.1, 0.15) is 11.1 Å². The van der Waals surface area contributed by atoms with Crippen LogP contribution in [0.25, 0.3) is 12.2 Å². The van der Waals surface area contributed by atoms with Crippen LogP contribution in [0.4, 0.5) is 0 Å². The highest BCUT2D eigenvalue weighted by molar-refractivity contribution is 5.73. The van der Waals surface area contributed by atoms with Gasteiger partial charge in [0.15, 0.2) is 0 Å². The first-order valence-electron chi connectivity index (χ1n) is 5.53. The van der Waals surface area contributed by atoms with Crippen molar-refractivity contribution in [2.24, 2.45) is 0 Å². The highest BCUT2D eigenvalue weighted by atomic mass is 16.5. The Morgan fingerprint density at radius 3 is 2.28 bits per heavy atom. The van der Waals surface area contributed by atoms with Crippen LogP contribution in [-0.4, -0.2) is 17.3 Å². The standard InChI is InChI=1S/C15H14O3/c1-18-14-8-3-11(4-9-14)2-5-12-6-7-13(16)10-15(12)17/h2-10,16-17H,1H3/b5-2+. The first-order valence-corrected chi connectivity index (χ1v) is 5.53. The summed E-state index contributed by atoms with van der Waals surface area (Å²) in [5, 5.41) is 18.8. The largest absolute Gasteiger partial charge is 0.508 e. The predicted octanol–water partition coefficient (Wildman–Crippen LogP) is 3.28. The molecule has 0 aliphatic carbocycles. The summed E-state index contributed by atoms with van der Waals surface area (Å²) in [6.07, 6.45) is 3.67. The smallest absolute Gasteiger partial charge is 0.126 e. The van der Waals surface area contributed by atoms with E-state index in [1.54, 1.807) is 19.3 Å². The van der Waals surface area contributed by atoms with Crippen LogP contribution >= 0.6 is 0 Å². The number of benzene rings is 2. The molecular weight excluding hydrogens is 228 g/mol. The van der Waals surface area contributed by atoms with Crippen molar-refractivity contribution in [3.8, 4) is 17.2 Å². The van der Waals surface area contributed by atoms with Gasteiger partial charge < -0.3 is 14.9 Å². The molecule has 0 saturated heterocycles. The van der Waals surface area contributed by atoms with E-state index in [2.05, 4.69) is 0 Å². The van der Waals surface area contributed by atoms with Crippen molar-refractivity contribution >= 4 is 12.2 Å². The summed E-state index contributed by atoms with van der Waals surface area (Å²) < 4.78 is 5.07. The number of hydrogen-bond donors (Lipinski definition) is 2. The number of ether oxygens (including phenoxy) is 1. The van der Waals surface area contributed by atoms with Crippen LogP contribution in [0.15, 0.2) is 42.5 Å². The minimum Gasteiger partial charge on any atom is -0.508 e. The van der Waals surface area contributed by atoms with Gasteiger partial charge in [-0.3, -0.25) is 0 Å². The molecule has 0 bridgehead atoms. The Hall–Kier alpha value is -2.42. The van der Waals surface area contributed by atoms with Gasteiger partial charge in [-0.1, -0.05) is 24.3 Å². The number of aromatic hydroxyl groups is 2. The average Bonchev–Trinajstić information content (AvgIpc) is 2.38. The van der Waals surface area contributed by atoms with Gasteiger partial charge in [0.1, 0.15) is 17.2 Å². The Labute approximate surface area is 106 Å². The third kappa shape index (κ3) is 2.83. The van der Waals surface area contributed by atoms with Crippen LogP contribution in [-0.2, 0) is 0 Å². The molecule has 0 unspecified atom stereocenters. The molecule has 0 aliphatic rings. The molecule has 0 fully saturated rings. The van der Waals surface area contributed by atoms with Crippen molar-refractivity contribution in [3.05, 3.63) is 53.6 Å². The number of rotatable bonds is 3. The van der Waals surface area contributed by atoms with Crippen molar-refractivity contribution < 1.29 is 14.9 Å². The van der Waals surface area contributed by atoms with Crippen LogP contribution in [0.2, 0.25) is 0 Å². The van der Waals surface area contributed by atoms with Gasteiger partial charge in [-0.2, -0.15) is 0 Å². The summed E-state index contributed by atoms with van der Waals surface area (Å²) in [7, 11) is 1.62. The molecule has 0 saturated carbocycles. The zero-order valence-corrected chi connectivity index (χ0v) is 10.00. The molecule has 3 heteroatoms. The molecule has 0 amide bonds. The summed E-state index contributed by atoms with van der Waals surface area (Å²) >= 11 is 0. The average molecular weight is 242 g/mol. The van der Waals surface area contributed by atoms with E-state index in [1.807, 2.05) is 30.3 Å². The number of phenolic OH excluding ortho intramolecular Hbond substituents is 2. The molecule has 0 aromatic heterocycles. The second-order valence-electron chi connectivity index (χ2n) is 3.85. The van der Waals surface area contributed by atoms with Gasteiger partial charge in [0, 0.05) is 11.6 Å². The Morgan fingerprint density at radius 2 is 1.67 bits per heavy atom. The van der Waals surface area contributed by atoms with E-state index in [4.69, 9.17) is 4.74 Å². The normalized spacial score (nSPS) is 10.7. The maximum atomic E-state index is 9.62. The molecule has 2 aromatic carbocycles. The number of methoxy groups -OCH3 is 1. The topological polar surface area (TPSA) is 49.7 Å². The molecule has 0 atom stereocenters. The fourth-order valence-corrected chi connectivity index (χ4v) is 1.57. The van der Waals surface area contributed by atoms with Crippen LogP contribution in [0.3, 0.4) is 0 Å². The minimum absolute atomic E-state index is 0.0501. The number of hydrogen-bond acceptors (Lipinski definition) is 3. The van der Waals surface area contributed by atoms with Gasteiger partial charge >= 0.3 is 0 Å². The van der Waals surface area contributed by atoms with Crippen molar-refractivity contribution in [3.63, 3.8) is 0 Å². The molecule has 2 aromatic rings. The second-order valence-corrected chi connectivity index (χ2v) is 3.85. The molecule has 92 valence electrons. The van der Waals surface area contributed by atoms with Gasteiger partial charge in [0.2, 0.25) is 0 Å². The Morgan fingerprint density at radius 1 is 0.944 bits per heavy atom. The van der Waals surface area contributed by atoms with Crippen LogP contribution < -0.4 is 4.74 Å². The summed E-state index contributed by atoms with van der Waals surface area (Å²) in [6.45, 7) is 0. The first kappa shape index (κ1) is 12.0. The van der Waals surface area contributed by atoms with E-state index in [1.165, 1.54) is 12.1 Å². The van der Waals surface area contributed by atoms with E-state index >= 15 is 0 Å². The third-order valence-corrected chi connectivity index (χ3v) is 2.59. The van der Waals surface area contributed by atoms with Crippen molar-refractivity contribution in [1.29, 1.82) is 0 Å².